The van der Waals surface area contributed by atoms with E-state index in [2.05, 4.69) is 26.0 Å². The van der Waals surface area contributed by atoms with E-state index in [1.165, 1.54) is 5.56 Å². The van der Waals surface area contributed by atoms with E-state index in [4.69, 9.17) is 9.47 Å². The Morgan fingerprint density at radius 1 is 1.33 bits per heavy atom. The maximum atomic E-state index is 5.56. The van der Waals surface area contributed by atoms with Crippen molar-refractivity contribution in [1.29, 1.82) is 0 Å². The Morgan fingerprint density at radius 3 is 2.53 bits per heavy atom. The maximum absolute atomic E-state index is 5.56. The lowest BCUT2D eigenvalue weighted by molar-refractivity contribution is 0.263. The smallest absolute Gasteiger partial charge is 0.119 e. The predicted octanol–water partition coefficient (Wildman–Crippen LogP) is 2.66. The van der Waals surface area contributed by atoms with Crippen molar-refractivity contribution in [2.24, 2.45) is 5.92 Å². The molecule has 1 unspecified atom stereocenters. The molecule has 1 saturated heterocycles. The third kappa shape index (κ3) is 3.56. The first-order chi connectivity index (χ1) is 7.24. The lowest BCUT2D eigenvalue weighted by Crippen LogP contribution is -2.04. The summed E-state index contributed by atoms with van der Waals surface area (Å²) in [4.78, 5) is 0. The van der Waals surface area contributed by atoms with Gasteiger partial charge in [-0.05, 0) is 30.0 Å². The fraction of sp³-hybridized carbons (Fsp3) is 0.538. The highest BCUT2D eigenvalue weighted by Gasteiger charge is 2.22. The van der Waals surface area contributed by atoms with E-state index in [-0.39, 0.29) is 0 Å². The fourth-order valence-electron chi connectivity index (χ4n) is 1.55. The van der Waals surface area contributed by atoms with Gasteiger partial charge in [0.25, 0.3) is 0 Å². The van der Waals surface area contributed by atoms with Crippen LogP contribution in [0.2, 0.25) is 0 Å². The predicted molar refractivity (Wildman–Crippen MR) is 60.2 cm³/mol. The van der Waals surface area contributed by atoms with Gasteiger partial charge in [-0.25, -0.2) is 0 Å². The van der Waals surface area contributed by atoms with Crippen molar-refractivity contribution in [1.82, 2.24) is 0 Å². The van der Waals surface area contributed by atoms with Crippen LogP contribution in [0.5, 0.6) is 5.75 Å². The Balaban J connectivity index is 1.85. The molecule has 15 heavy (non-hydrogen) atoms. The second-order valence-electron chi connectivity index (χ2n) is 4.51. The van der Waals surface area contributed by atoms with Gasteiger partial charge in [0.15, 0.2) is 0 Å². The first-order valence-electron chi connectivity index (χ1n) is 5.57. The number of ether oxygens (including phenoxy) is 2. The molecule has 2 nitrogen and oxygen atoms in total. The van der Waals surface area contributed by atoms with Gasteiger partial charge in [-0.3, -0.25) is 0 Å². The number of epoxide rings is 1. The second kappa shape index (κ2) is 4.67. The van der Waals surface area contributed by atoms with Crippen LogP contribution in [-0.4, -0.2) is 19.3 Å². The lowest BCUT2D eigenvalue weighted by atomic mass is 10.0. The molecule has 1 aromatic carbocycles. The van der Waals surface area contributed by atoms with E-state index in [1.54, 1.807) is 0 Å². The first-order valence-corrected chi connectivity index (χ1v) is 5.57. The van der Waals surface area contributed by atoms with Gasteiger partial charge in [0.05, 0.1) is 6.61 Å². The Labute approximate surface area is 91.2 Å². The van der Waals surface area contributed by atoms with Gasteiger partial charge in [-0.1, -0.05) is 26.0 Å². The topological polar surface area (TPSA) is 21.8 Å². The van der Waals surface area contributed by atoms with Crippen molar-refractivity contribution in [2.45, 2.75) is 26.4 Å². The molecule has 0 saturated carbocycles. The summed E-state index contributed by atoms with van der Waals surface area (Å²) < 4.78 is 10.6. The van der Waals surface area contributed by atoms with Gasteiger partial charge in [-0.15, -0.1) is 0 Å². The van der Waals surface area contributed by atoms with Crippen molar-refractivity contribution in [2.75, 3.05) is 13.2 Å². The normalized spacial score (nSPS) is 19.3. The zero-order valence-electron chi connectivity index (χ0n) is 9.40. The Hall–Kier alpha value is -1.02. The van der Waals surface area contributed by atoms with Crippen molar-refractivity contribution in [3.05, 3.63) is 29.8 Å². The summed E-state index contributed by atoms with van der Waals surface area (Å²) in [5.41, 5.74) is 1.38. The fourth-order valence-corrected chi connectivity index (χ4v) is 1.55. The van der Waals surface area contributed by atoms with E-state index in [1.807, 2.05) is 12.1 Å². The third-order valence-corrected chi connectivity index (χ3v) is 2.41. The van der Waals surface area contributed by atoms with Crippen molar-refractivity contribution in [3.8, 4) is 5.75 Å². The van der Waals surface area contributed by atoms with E-state index in [0.29, 0.717) is 18.6 Å². The lowest BCUT2D eigenvalue weighted by Gasteiger charge is -2.07. The van der Waals surface area contributed by atoms with Gasteiger partial charge in [-0.2, -0.15) is 0 Å². The molecule has 0 N–H and O–H groups in total. The van der Waals surface area contributed by atoms with E-state index in [0.717, 1.165) is 18.8 Å². The molecular weight excluding hydrogens is 188 g/mol. The van der Waals surface area contributed by atoms with Crippen LogP contribution in [0.1, 0.15) is 19.4 Å². The highest BCUT2D eigenvalue weighted by Crippen LogP contribution is 2.17. The van der Waals surface area contributed by atoms with Crippen LogP contribution in [0.3, 0.4) is 0 Å². The third-order valence-electron chi connectivity index (χ3n) is 2.41. The zero-order chi connectivity index (χ0) is 10.7. The van der Waals surface area contributed by atoms with Gasteiger partial charge in [0, 0.05) is 0 Å². The van der Waals surface area contributed by atoms with Gasteiger partial charge in [0.1, 0.15) is 18.5 Å². The van der Waals surface area contributed by atoms with Gasteiger partial charge >= 0.3 is 0 Å². The average molecular weight is 206 g/mol. The molecule has 2 heteroatoms. The zero-order valence-corrected chi connectivity index (χ0v) is 9.40. The highest BCUT2D eigenvalue weighted by atomic mass is 16.6. The van der Waals surface area contributed by atoms with Gasteiger partial charge < -0.3 is 9.47 Å². The SMILES string of the molecule is CC(C)Cc1ccc(OCC2CO2)cc1. The summed E-state index contributed by atoms with van der Waals surface area (Å²) in [5.74, 6) is 1.65. The quantitative estimate of drug-likeness (QED) is 0.691. The van der Waals surface area contributed by atoms with Crippen LogP contribution in [0, 0.1) is 5.92 Å². The number of hydrogen-bond acceptors (Lipinski definition) is 2. The molecule has 1 heterocycles. The number of hydrogen-bond donors (Lipinski definition) is 0. The standard InChI is InChI=1S/C13H18O2/c1-10(2)7-11-3-5-12(6-4-11)14-8-13-9-15-13/h3-6,10,13H,7-9H2,1-2H3. The highest BCUT2D eigenvalue weighted by molar-refractivity contribution is 5.27. The molecule has 0 aromatic heterocycles. The Morgan fingerprint density at radius 2 is 2.00 bits per heavy atom. The minimum atomic E-state index is 0.334. The van der Waals surface area contributed by atoms with Crippen LogP contribution in [0.25, 0.3) is 0 Å². The second-order valence-corrected chi connectivity index (χ2v) is 4.51. The summed E-state index contributed by atoms with van der Waals surface area (Å²) >= 11 is 0. The molecule has 82 valence electrons. The molecule has 1 aliphatic heterocycles. The molecular formula is C13H18O2. The van der Waals surface area contributed by atoms with Crippen LogP contribution >= 0.6 is 0 Å². The molecule has 1 fully saturated rings. The molecule has 0 aliphatic carbocycles. The molecule has 1 aromatic rings. The molecule has 0 amide bonds. The Kier molecular flexibility index (Phi) is 3.27. The van der Waals surface area contributed by atoms with Crippen LogP contribution < -0.4 is 4.74 Å². The average Bonchev–Trinajstić information content (AvgIpc) is 2.99. The molecule has 0 radical (unpaired) electrons. The number of rotatable bonds is 5. The summed E-state index contributed by atoms with van der Waals surface area (Å²) in [5, 5.41) is 0. The summed E-state index contributed by atoms with van der Waals surface area (Å²) in [7, 11) is 0. The van der Waals surface area contributed by atoms with Crippen LogP contribution in [0.4, 0.5) is 0 Å². The van der Waals surface area contributed by atoms with Crippen molar-refractivity contribution >= 4 is 0 Å². The van der Waals surface area contributed by atoms with E-state index < -0.39 is 0 Å². The molecule has 0 spiro atoms. The molecule has 1 atom stereocenters. The van der Waals surface area contributed by atoms with E-state index in [9.17, 15) is 0 Å². The van der Waals surface area contributed by atoms with Crippen molar-refractivity contribution < 1.29 is 9.47 Å². The number of benzene rings is 1. The molecule has 2 rings (SSSR count). The minimum Gasteiger partial charge on any atom is -0.491 e. The summed E-state index contributed by atoms with van der Waals surface area (Å²) in [6.07, 6.45) is 1.46. The molecule has 1 aliphatic rings. The minimum absolute atomic E-state index is 0.334. The monoisotopic (exact) mass is 206 g/mol. The summed E-state index contributed by atoms with van der Waals surface area (Å²) in [6, 6.07) is 8.37. The van der Waals surface area contributed by atoms with Crippen molar-refractivity contribution in [3.63, 3.8) is 0 Å². The van der Waals surface area contributed by atoms with E-state index >= 15 is 0 Å². The Bertz CT molecular complexity index is 299. The summed E-state index contributed by atoms with van der Waals surface area (Å²) in [6.45, 7) is 6.00. The largest absolute Gasteiger partial charge is 0.491 e. The van der Waals surface area contributed by atoms with Gasteiger partial charge in [0.2, 0.25) is 0 Å². The van der Waals surface area contributed by atoms with Crippen LogP contribution in [0.15, 0.2) is 24.3 Å². The molecule has 0 bridgehead atoms. The van der Waals surface area contributed by atoms with Crippen LogP contribution in [-0.2, 0) is 11.2 Å². The maximum Gasteiger partial charge on any atom is 0.119 e. The first kappa shape index (κ1) is 10.5.